The molecule has 0 saturated carbocycles. The summed E-state index contributed by atoms with van der Waals surface area (Å²) in [4.78, 5) is 15.4. The van der Waals surface area contributed by atoms with Crippen LogP contribution in [0.1, 0.15) is 32.4 Å². The van der Waals surface area contributed by atoms with Gasteiger partial charge < -0.3 is 10.2 Å². The number of fused-ring (bicyclic) bond motifs is 1. The van der Waals surface area contributed by atoms with E-state index in [1.54, 1.807) is 23.5 Å². The average Bonchev–Trinajstić information content (AvgIpc) is 3.23. The number of hydrogen-bond donors (Lipinski definition) is 2. The molecule has 0 radical (unpaired) electrons. The molecule has 2 atom stereocenters. The number of nitrogens with one attached hydrogen (secondary N) is 2. The minimum Gasteiger partial charge on any atom is -0.346 e. The Balaban J connectivity index is 1.51. The quantitative estimate of drug-likeness (QED) is 0.678. The van der Waals surface area contributed by atoms with E-state index in [0.29, 0.717) is 17.1 Å². The lowest BCUT2D eigenvalue weighted by molar-refractivity contribution is -0.945. The van der Waals surface area contributed by atoms with Gasteiger partial charge in [-0.3, -0.25) is 4.79 Å². The number of carbonyl (C=O) groups is 1. The maximum Gasteiger partial charge on any atom is 0.253 e. The first-order valence-corrected chi connectivity index (χ1v) is 10.5. The highest BCUT2D eigenvalue weighted by atomic mass is 35.5. The molecule has 1 aromatic heterocycles. The van der Waals surface area contributed by atoms with Crippen molar-refractivity contribution < 1.29 is 9.69 Å². The SMILES string of the molecule is O=C(NC[C@@H](c1cccs1)[NH+]1CCc2ccccc2C1)c1ccccc1Cl. The second-order valence-electron chi connectivity index (χ2n) is 6.86. The van der Waals surface area contributed by atoms with Crippen LogP contribution < -0.4 is 10.2 Å². The van der Waals surface area contributed by atoms with Crippen LogP contribution in [-0.2, 0) is 13.0 Å². The zero-order chi connectivity index (χ0) is 18.6. The van der Waals surface area contributed by atoms with Crippen LogP contribution in [0.25, 0.3) is 0 Å². The van der Waals surface area contributed by atoms with Gasteiger partial charge in [0, 0.05) is 12.0 Å². The van der Waals surface area contributed by atoms with Gasteiger partial charge in [-0.25, -0.2) is 0 Å². The highest BCUT2D eigenvalue weighted by Crippen LogP contribution is 2.20. The van der Waals surface area contributed by atoms with Gasteiger partial charge in [0.25, 0.3) is 5.91 Å². The fourth-order valence-corrected chi connectivity index (χ4v) is 4.88. The zero-order valence-corrected chi connectivity index (χ0v) is 16.5. The van der Waals surface area contributed by atoms with E-state index >= 15 is 0 Å². The number of halogens is 1. The van der Waals surface area contributed by atoms with Gasteiger partial charge in [-0.2, -0.15) is 0 Å². The van der Waals surface area contributed by atoms with Crippen molar-refractivity contribution in [1.29, 1.82) is 0 Å². The lowest BCUT2D eigenvalue weighted by atomic mass is 9.98. The molecule has 2 aromatic carbocycles. The number of benzene rings is 2. The number of thiophene rings is 1. The Kier molecular flexibility index (Phi) is 5.58. The zero-order valence-electron chi connectivity index (χ0n) is 15.0. The van der Waals surface area contributed by atoms with Gasteiger partial charge >= 0.3 is 0 Å². The molecule has 0 spiro atoms. The Morgan fingerprint density at radius 2 is 1.85 bits per heavy atom. The molecule has 0 aliphatic carbocycles. The molecule has 1 aliphatic heterocycles. The van der Waals surface area contributed by atoms with Crippen LogP contribution in [-0.4, -0.2) is 19.0 Å². The van der Waals surface area contributed by atoms with Gasteiger partial charge in [0.15, 0.2) is 0 Å². The summed E-state index contributed by atoms with van der Waals surface area (Å²) in [5.41, 5.74) is 3.40. The minimum atomic E-state index is -0.112. The number of quaternary nitrogens is 1. The first-order valence-electron chi connectivity index (χ1n) is 9.20. The van der Waals surface area contributed by atoms with Gasteiger partial charge in [0.2, 0.25) is 0 Å². The summed E-state index contributed by atoms with van der Waals surface area (Å²) >= 11 is 7.93. The smallest absolute Gasteiger partial charge is 0.253 e. The maximum absolute atomic E-state index is 12.6. The van der Waals surface area contributed by atoms with Crippen molar-refractivity contribution in [3.05, 3.63) is 92.6 Å². The molecule has 3 aromatic rings. The van der Waals surface area contributed by atoms with Gasteiger partial charge in [0.1, 0.15) is 12.6 Å². The normalized spacial score (nSPS) is 17.1. The summed E-state index contributed by atoms with van der Waals surface area (Å²) in [6, 6.07) is 20.4. The van der Waals surface area contributed by atoms with Crippen LogP contribution in [0.15, 0.2) is 66.0 Å². The van der Waals surface area contributed by atoms with Crippen molar-refractivity contribution in [2.75, 3.05) is 13.1 Å². The van der Waals surface area contributed by atoms with E-state index in [1.807, 2.05) is 12.1 Å². The monoisotopic (exact) mass is 397 g/mol. The van der Waals surface area contributed by atoms with E-state index in [-0.39, 0.29) is 11.9 Å². The van der Waals surface area contributed by atoms with Gasteiger partial charge in [-0.1, -0.05) is 54.1 Å². The molecule has 5 heteroatoms. The summed E-state index contributed by atoms with van der Waals surface area (Å²) in [6.45, 7) is 2.66. The molecule has 138 valence electrons. The van der Waals surface area contributed by atoms with Crippen molar-refractivity contribution in [3.8, 4) is 0 Å². The highest BCUT2D eigenvalue weighted by Gasteiger charge is 2.29. The third-order valence-electron chi connectivity index (χ3n) is 5.22. The Hall–Kier alpha value is -2.14. The second kappa shape index (κ2) is 8.26. The van der Waals surface area contributed by atoms with Crippen LogP contribution in [0.5, 0.6) is 0 Å². The van der Waals surface area contributed by atoms with Crippen LogP contribution in [0.4, 0.5) is 0 Å². The summed E-state index contributed by atoms with van der Waals surface area (Å²) in [7, 11) is 0. The van der Waals surface area contributed by atoms with E-state index in [9.17, 15) is 4.79 Å². The summed E-state index contributed by atoms with van der Waals surface area (Å²) in [5, 5.41) is 5.71. The number of amides is 1. The van der Waals surface area contributed by atoms with Gasteiger partial charge in [-0.05, 0) is 29.1 Å². The molecule has 27 heavy (non-hydrogen) atoms. The molecule has 2 N–H and O–H groups in total. The number of rotatable bonds is 5. The molecular formula is C22H22ClN2OS+. The van der Waals surface area contributed by atoms with E-state index in [4.69, 9.17) is 11.6 Å². The van der Waals surface area contributed by atoms with Crippen LogP contribution in [0.2, 0.25) is 5.02 Å². The van der Waals surface area contributed by atoms with Crippen LogP contribution in [0.3, 0.4) is 0 Å². The van der Waals surface area contributed by atoms with Crippen molar-refractivity contribution in [2.45, 2.75) is 19.0 Å². The molecule has 2 heterocycles. The predicted octanol–water partition coefficient (Wildman–Crippen LogP) is 3.51. The van der Waals surface area contributed by atoms with Gasteiger partial charge in [0.05, 0.1) is 28.6 Å². The first kappa shape index (κ1) is 18.2. The van der Waals surface area contributed by atoms with Crippen LogP contribution >= 0.6 is 22.9 Å². The Morgan fingerprint density at radius 3 is 2.63 bits per heavy atom. The molecule has 1 aliphatic rings. The van der Waals surface area contributed by atoms with Crippen LogP contribution in [0, 0.1) is 0 Å². The fraction of sp³-hybridized carbons (Fsp3) is 0.227. The third kappa shape index (κ3) is 4.08. The minimum absolute atomic E-state index is 0.112. The fourth-order valence-electron chi connectivity index (χ4n) is 3.77. The second-order valence-corrected chi connectivity index (χ2v) is 8.25. The molecule has 0 bridgehead atoms. The molecule has 0 fully saturated rings. The molecule has 1 unspecified atom stereocenters. The van der Waals surface area contributed by atoms with Crippen molar-refractivity contribution >= 4 is 28.8 Å². The summed E-state index contributed by atoms with van der Waals surface area (Å²) in [6.07, 6.45) is 1.08. The Labute approximate surface area is 168 Å². The maximum atomic E-state index is 12.6. The first-order chi connectivity index (χ1) is 13.2. The van der Waals surface area contributed by atoms with E-state index in [2.05, 4.69) is 47.1 Å². The number of hydrogen-bond acceptors (Lipinski definition) is 2. The highest BCUT2D eigenvalue weighted by molar-refractivity contribution is 7.10. The van der Waals surface area contributed by atoms with Gasteiger partial charge in [-0.15, -0.1) is 11.3 Å². The lowest BCUT2D eigenvalue weighted by Gasteiger charge is -2.32. The van der Waals surface area contributed by atoms with E-state index in [1.165, 1.54) is 20.9 Å². The summed E-state index contributed by atoms with van der Waals surface area (Å²) in [5.74, 6) is -0.112. The molecular weight excluding hydrogens is 376 g/mol. The van der Waals surface area contributed by atoms with Crippen molar-refractivity contribution in [1.82, 2.24) is 5.32 Å². The average molecular weight is 398 g/mol. The topological polar surface area (TPSA) is 33.5 Å². The molecule has 4 rings (SSSR count). The Bertz CT molecular complexity index is 926. The molecule has 3 nitrogen and oxygen atoms in total. The molecule has 0 saturated heterocycles. The number of carbonyl (C=O) groups excluding carboxylic acids is 1. The van der Waals surface area contributed by atoms with E-state index in [0.717, 1.165) is 19.5 Å². The standard InChI is InChI=1S/C22H21ClN2OS/c23-19-9-4-3-8-18(19)22(26)24-14-20(21-10-5-13-27-21)25-12-11-16-6-1-2-7-17(16)15-25/h1-10,13,20H,11-12,14-15H2,(H,24,26)/p+1/t20-/m0/s1. The van der Waals surface area contributed by atoms with E-state index < -0.39 is 0 Å². The third-order valence-corrected chi connectivity index (χ3v) is 6.53. The Morgan fingerprint density at radius 1 is 1.07 bits per heavy atom. The summed E-state index contributed by atoms with van der Waals surface area (Å²) < 4.78 is 0. The van der Waals surface area contributed by atoms with Crippen molar-refractivity contribution in [3.63, 3.8) is 0 Å². The predicted molar refractivity (Wildman–Crippen MR) is 111 cm³/mol. The lowest BCUT2D eigenvalue weighted by Crippen LogP contribution is -3.12. The van der Waals surface area contributed by atoms with Crippen molar-refractivity contribution in [2.24, 2.45) is 0 Å². The largest absolute Gasteiger partial charge is 0.346 e. The molecule has 1 amide bonds.